The Balaban J connectivity index is 0.00000144. The number of benzene rings is 1. The van der Waals surface area contributed by atoms with Gasteiger partial charge in [-0.2, -0.15) is 4.57 Å². The van der Waals surface area contributed by atoms with Gasteiger partial charge in [-0.1, -0.05) is 34.1 Å². The summed E-state index contributed by atoms with van der Waals surface area (Å²) in [6.07, 6.45) is 3.77. The molecular formula is C13H11BrINO. The molecule has 1 aromatic carbocycles. The number of aromatic nitrogens is 1. The second kappa shape index (κ2) is 6.86. The molecule has 0 aliphatic carbocycles. The zero-order valence-corrected chi connectivity index (χ0v) is 12.8. The third-order valence-electron chi connectivity index (χ3n) is 2.25. The monoisotopic (exact) mass is 403 g/mol. The minimum atomic E-state index is 0. The SMILES string of the molecule is O=C(C[n+]1ccccc1)c1cccc(Br)c1.[I-]. The number of Topliss-reactive ketones (excluding diaryl/α,β-unsaturated/α-hetero) is 1. The average molecular weight is 404 g/mol. The van der Waals surface area contributed by atoms with Crippen LogP contribution in [0.1, 0.15) is 10.4 Å². The van der Waals surface area contributed by atoms with Crippen LogP contribution in [0.5, 0.6) is 0 Å². The van der Waals surface area contributed by atoms with E-state index in [-0.39, 0.29) is 29.8 Å². The third kappa shape index (κ3) is 4.20. The molecule has 0 N–H and O–H groups in total. The van der Waals surface area contributed by atoms with E-state index in [1.54, 1.807) is 0 Å². The lowest BCUT2D eigenvalue weighted by Gasteiger charge is -1.98. The van der Waals surface area contributed by atoms with Crippen molar-refractivity contribution in [1.29, 1.82) is 0 Å². The number of halogens is 2. The lowest BCUT2D eigenvalue weighted by atomic mass is 10.1. The van der Waals surface area contributed by atoms with Gasteiger partial charge in [-0.25, -0.2) is 0 Å². The van der Waals surface area contributed by atoms with Gasteiger partial charge in [0.1, 0.15) is 0 Å². The second-order valence-corrected chi connectivity index (χ2v) is 4.40. The number of hydrogen-bond acceptors (Lipinski definition) is 1. The molecule has 0 radical (unpaired) electrons. The summed E-state index contributed by atoms with van der Waals surface area (Å²) < 4.78 is 2.79. The van der Waals surface area contributed by atoms with E-state index in [0.717, 1.165) is 10.0 Å². The fraction of sp³-hybridized carbons (Fsp3) is 0.0769. The third-order valence-corrected chi connectivity index (χ3v) is 2.74. The van der Waals surface area contributed by atoms with Crippen LogP contribution in [-0.4, -0.2) is 5.78 Å². The highest BCUT2D eigenvalue weighted by molar-refractivity contribution is 9.10. The van der Waals surface area contributed by atoms with E-state index < -0.39 is 0 Å². The number of nitrogens with zero attached hydrogens (tertiary/aromatic N) is 1. The number of hydrogen-bond donors (Lipinski definition) is 0. The molecule has 0 fully saturated rings. The smallest absolute Gasteiger partial charge is 0.227 e. The lowest BCUT2D eigenvalue weighted by Crippen LogP contribution is -3.00. The number of ketones is 1. The highest BCUT2D eigenvalue weighted by Gasteiger charge is 2.11. The van der Waals surface area contributed by atoms with Crippen LogP contribution in [0.4, 0.5) is 0 Å². The zero-order chi connectivity index (χ0) is 11.4. The largest absolute Gasteiger partial charge is 1.00 e. The molecule has 0 aliphatic rings. The molecule has 1 heterocycles. The van der Waals surface area contributed by atoms with Gasteiger partial charge in [0.15, 0.2) is 12.4 Å². The fourth-order valence-electron chi connectivity index (χ4n) is 1.46. The Morgan fingerprint density at radius 1 is 1.12 bits per heavy atom. The molecular weight excluding hydrogens is 393 g/mol. The van der Waals surface area contributed by atoms with Crippen molar-refractivity contribution in [2.75, 3.05) is 0 Å². The minimum absolute atomic E-state index is 0. The zero-order valence-electron chi connectivity index (χ0n) is 9.01. The van der Waals surface area contributed by atoms with Gasteiger partial charge in [0.05, 0.1) is 0 Å². The Morgan fingerprint density at radius 2 is 1.82 bits per heavy atom. The van der Waals surface area contributed by atoms with Crippen molar-refractivity contribution in [3.8, 4) is 0 Å². The first-order valence-corrected chi connectivity index (χ1v) is 5.78. The number of pyridine rings is 1. The van der Waals surface area contributed by atoms with E-state index in [2.05, 4.69) is 15.9 Å². The van der Waals surface area contributed by atoms with Crippen LogP contribution in [0, 0.1) is 0 Å². The number of carbonyl (C=O) groups is 1. The van der Waals surface area contributed by atoms with E-state index in [1.807, 2.05) is 59.4 Å². The van der Waals surface area contributed by atoms with Gasteiger partial charge < -0.3 is 24.0 Å². The maximum atomic E-state index is 11.9. The van der Waals surface area contributed by atoms with Crippen molar-refractivity contribution in [3.05, 3.63) is 64.9 Å². The summed E-state index contributed by atoms with van der Waals surface area (Å²) in [6.45, 7) is 0.372. The Bertz CT molecular complexity index is 502. The molecule has 0 saturated carbocycles. The molecule has 2 nitrogen and oxygen atoms in total. The lowest BCUT2D eigenvalue weighted by molar-refractivity contribution is -0.683. The van der Waals surface area contributed by atoms with Gasteiger partial charge in [-0.3, -0.25) is 4.79 Å². The Labute approximate surface area is 126 Å². The number of carbonyl (C=O) groups excluding carboxylic acids is 1. The van der Waals surface area contributed by atoms with Crippen molar-refractivity contribution < 1.29 is 33.3 Å². The van der Waals surface area contributed by atoms with Crippen molar-refractivity contribution in [2.24, 2.45) is 0 Å². The summed E-state index contributed by atoms with van der Waals surface area (Å²) in [5.74, 6) is 0.109. The van der Waals surface area contributed by atoms with E-state index in [1.165, 1.54) is 0 Å². The molecule has 4 heteroatoms. The molecule has 0 atom stereocenters. The summed E-state index contributed by atoms with van der Waals surface area (Å²) >= 11 is 3.36. The maximum Gasteiger partial charge on any atom is 0.227 e. The molecule has 0 bridgehead atoms. The first kappa shape index (κ1) is 14.3. The molecule has 0 saturated heterocycles. The van der Waals surface area contributed by atoms with Crippen LogP contribution >= 0.6 is 15.9 Å². The van der Waals surface area contributed by atoms with Gasteiger partial charge in [0.25, 0.3) is 0 Å². The van der Waals surface area contributed by atoms with Crippen LogP contribution < -0.4 is 28.5 Å². The standard InChI is InChI=1S/C13H11BrNO.HI/c14-12-6-4-5-11(9-12)13(16)10-15-7-2-1-3-8-15;/h1-9H,10H2;1H/q+1;/p-1. The van der Waals surface area contributed by atoms with Crippen LogP contribution in [-0.2, 0) is 6.54 Å². The highest BCUT2D eigenvalue weighted by Crippen LogP contribution is 2.11. The number of rotatable bonds is 3. The van der Waals surface area contributed by atoms with Gasteiger partial charge in [0, 0.05) is 22.2 Å². The van der Waals surface area contributed by atoms with Crippen LogP contribution in [0.15, 0.2) is 59.3 Å². The average Bonchev–Trinajstić information content (AvgIpc) is 2.30. The van der Waals surface area contributed by atoms with Crippen LogP contribution in [0.25, 0.3) is 0 Å². The Kier molecular flexibility index (Phi) is 5.77. The minimum Gasteiger partial charge on any atom is -1.00 e. The van der Waals surface area contributed by atoms with Gasteiger partial charge in [0.2, 0.25) is 12.3 Å². The molecule has 17 heavy (non-hydrogen) atoms. The fourth-order valence-corrected chi connectivity index (χ4v) is 1.86. The summed E-state index contributed by atoms with van der Waals surface area (Å²) in [4.78, 5) is 11.9. The quantitative estimate of drug-likeness (QED) is 0.389. The molecule has 0 amide bonds. The van der Waals surface area contributed by atoms with E-state index in [4.69, 9.17) is 0 Å². The van der Waals surface area contributed by atoms with Gasteiger partial charge >= 0.3 is 0 Å². The highest BCUT2D eigenvalue weighted by atomic mass is 127. The Hall–Kier alpha value is -0.750. The molecule has 0 spiro atoms. The molecule has 0 unspecified atom stereocenters. The molecule has 2 aromatic rings. The second-order valence-electron chi connectivity index (χ2n) is 3.48. The van der Waals surface area contributed by atoms with Crippen molar-refractivity contribution in [1.82, 2.24) is 0 Å². The molecule has 2 rings (SSSR count). The summed E-state index contributed by atoms with van der Waals surface area (Å²) in [5.41, 5.74) is 0.728. The first-order chi connectivity index (χ1) is 7.75. The Morgan fingerprint density at radius 3 is 2.47 bits per heavy atom. The predicted octanol–water partition coefficient (Wildman–Crippen LogP) is -0.377. The topological polar surface area (TPSA) is 20.9 Å². The molecule has 0 aliphatic heterocycles. The van der Waals surface area contributed by atoms with E-state index >= 15 is 0 Å². The summed E-state index contributed by atoms with van der Waals surface area (Å²) in [5, 5.41) is 0. The van der Waals surface area contributed by atoms with Crippen molar-refractivity contribution >= 4 is 21.7 Å². The van der Waals surface area contributed by atoms with Gasteiger partial charge in [-0.15, -0.1) is 0 Å². The van der Waals surface area contributed by atoms with E-state index in [0.29, 0.717) is 6.54 Å². The van der Waals surface area contributed by atoms with Crippen molar-refractivity contribution in [3.63, 3.8) is 0 Å². The van der Waals surface area contributed by atoms with Crippen LogP contribution in [0.2, 0.25) is 0 Å². The van der Waals surface area contributed by atoms with Gasteiger partial charge in [-0.05, 0) is 12.1 Å². The first-order valence-electron chi connectivity index (χ1n) is 4.98. The maximum absolute atomic E-state index is 11.9. The normalized spacial score (nSPS) is 9.47. The molecule has 1 aromatic heterocycles. The summed E-state index contributed by atoms with van der Waals surface area (Å²) in [6, 6.07) is 13.2. The predicted molar refractivity (Wildman–Crippen MR) is 65.1 cm³/mol. The van der Waals surface area contributed by atoms with E-state index in [9.17, 15) is 4.79 Å². The van der Waals surface area contributed by atoms with Crippen LogP contribution in [0.3, 0.4) is 0 Å². The summed E-state index contributed by atoms with van der Waals surface area (Å²) in [7, 11) is 0. The molecule has 88 valence electrons. The van der Waals surface area contributed by atoms with Crippen molar-refractivity contribution in [2.45, 2.75) is 6.54 Å².